The molecule has 0 heterocycles. The molecule has 24 heavy (non-hydrogen) atoms. The third-order valence-electron chi connectivity index (χ3n) is 3.34. The molecule has 4 heteroatoms. The number of benzene rings is 2. The van der Waals surface area contributed by atoms with Crippen LogP contribution in [0.3, 0.4) is 0 Å². The van der Waals surface area contributed by atoms with Gasteiger partial charge >= 0.3 is 27.5 Å². The maximum Gasteiger partial charge on any atom is 1.00 e. The minimum Gasteiger partial charge on any atom is -0.343 e. The number of rotatable bonds is 3. The zero-order valence-corrected chi connectivity index (χ0v) is 16.6. The molecule has 0 spiro atoms. The van der Waals surface area contributed by atoms with Crippen LogP contribution in [0.4, 0.5) is 0 Å². The molecule has 126 valence electrons. The largest absolute Gasteiger partial charge is 1.00 e. The Morgan fingerprint density at radius 2 is 1.50 bits per heavy atom. The topological polar surface area (TPSA) is 37.3 Å². The van der Waals surface area contributed by atoms with E-state index < -0.39 is 8.69 Å². The average molecular weight is 338 g/mol. The fourth-order valence-electron chi connectivity index (χ4n) is 2.49. The van der Waals surface area contributed by atoms with Crippen molar-refractivity contribution in [3.05, 3.63) is 66.1 Å². The Morgan fingerprint density at radius 1 is 1.04 bits per heavy atom. The second-order valence-corrected chi connectivity index (χ2v) is 5.59. The summed E-state index contributed by atoms with van der Waals surface area (Å²) in [6.45, 7) is 12.4. The van der Waals surface area contributed by atoms with E-state index in [9.17, 15) is 0 Å². The van der Waals surface area contributed by atoms with Crippen molar-refractivity contribution in [2.75, 3.05) is 0 Å². The normalized spacial score (nSPS) is 9.08. The van der Waals surface area contributed by atoms with Crippen molar-refractivity contribution in [2.24, 2.45) is 0 Å². The summed E-state index contributed by atoms with van der Waals surface area (Å²) in [4.78, 5) is 6.99. The molecular weight excluding hydrogens is 310 g/mol. The fourth-order valence-corrected chi connectivity index (χ4v) is 2.49. The molecule has 0 amide bonds. The van der Waals surface area contributed by atoms with Crippen molar-refractivity contribution in [2.45, 2.75) is 47.0 Å². The molecule has 0 saturated carbocycles. The van der Waals surface area contributed by atoms with Crippen LogP contribution in [0.5, 0.6) is 0 Å². The van der Waals surface area contributed by atoms with Crippen molar-refractivity contribution < 1.29 is 28.3 Å². The SMILES string of the molecule is Cc1cc(C)c(-c2ccccc2)c(C)c1.O=PO.[CH2-]CCCC.[Li+]. The van der Waals surface area contributed by atoms with Gasteiger partial charge in [0.15, 0.2) is 0 Å². The van der Waals surface area contributed by atoms with Crippen molar-refractivity contribution in [3.8, 4) is 11.1 Å². The van der Waals surface area contributed by atoms with Gasteiger partial charge in [0.1, 0.15) is 0 Å². The summed E-state index contributed by atoms with van der Waals surface area (Å²) in [6, 6.07) is 15.1. The predicted molar refractivity (Wildman–Crippen MR) is 101 cm³/mol. The Kier molecular flexibility index (Phi) is 16.5. The van der Waals surface area contributed by atoms with E-state index >= 15 is 0 Å². The van der Waals surface area contributed by atoms with Crippen molar-refractivity contribution in [1.29, 1.82) is 0 Å². The van der Waals surface area contributed by atoms with Crippen LogP contribution in [-0.4, -0.2) is 4.89 Å². The Labute approximate surface area is 161 Å². The van der Waals surface area contributed by atoms with Crippen LogP contribution in [0, 0.1) is 27.7 Å². The second-order valence-electron chi connectivity index (χ2n) is 5.43. The second kappa shape index (κ2) is 15.6. The van der Waals surface area contributed by atoms with E-state index in [1.54, 1.807) is 0 Å². The van der Waals surface area contributed by atoms with E-state index in [2.05, 4.69) is 77.1 Å². The third kappa shape index (κ3) is 10.1. The van der Waals surface area contributed by atoms with Gasteiger partial charge in [0.05, 0.1) is 0 Å². The van der Waals surface area contributed by atoms with Crippen molar-refractivity contribution in [3.63, 3.8) is 0 Å². The molecule has 0 atom stereocenters. The minimum atomic E-state index is -0.833. The Morgan fingerprint density at radius 3 is 1.83 bits per heavy atom. The smallest absolute Gasteiger partial charge is 0.343 e. The van der Waals surface area contributed by atoms with Crippen LogP contribution in [0.1, 0.15) is 42.9 Å². The van der Waals surface area contributed by atoms with Crippen LogP contribution in [0.2, 0.25) is 0 Å². The van der Waals surface area contributed by atoms with Gasteiger partial charge < -0.3 is 11.8 Å². The molecule has 0 aromatic heterocycles. The quantitative estimate of drug-likeness (QED) is 0.528. The zero-order valence-electron chi connectivity index (χ0n) is 15.7. The van der Waals surface area contributed by atoms with Crippen LogP contribution < -0.4 is 18.9 Å². The average Bonchev–Trinajstić information content (AvgIpc) is 2.49. The molecular formula is C20H28LiO2P. The summed E-state index contributed by atoms with van der Waals surface area (Å²) in [6.07, 6.45) is 3.65. The Balaban J connectivity index is 0. The predicted octanol–water partition coefficient (Wildman–Crippen LogP) is 3.48. The van der Waals surface area contributed by atoms with E-state index in [4.69, 9.17) is 9.46 Å². The van der Waals surface area contributed by atoms with Gasteiger partial charge in [-0.05, 0) is 43.0 Å². The molecule has 0 saturated heterocycles. The Bertz CT molecular complexity index is 546. The Hall–Kier alpha value is -0.903. The molecule has 0 aliphatic rings. The van der Waals surface area contributed by atoms with Gasteiger partial charge in [-0.15, -0.1) is 0 Å². The molecule has 0 fully saturated rings. The van der Waals surface area contributed by atoms with Crippen molar-refractivity contribution in [1.82, 2.24) is 0 Å². The number of hydrogen-bond acceptors (Lipinski definition) is 1. The first-order valence-electron chi connectivity index (χ1n) is 7.91. The van der Waals surface area contributed by atoms with Gasteiger partial charge in [-0.1, -0.05) is 67.8 Å². The molecule has 0 radical (unpaired) electrons. The summed E-state index contributed by atoms with van der Waals surface area (Å²) in [5.41, 5.74) is 6.75. The summed E-state index contributed by atoms with van der Waals surface area (Å²) in [5, 5.41) is 0. The number of aryl methyl sites for hydroxylation is 3. The summed E-state index contributed by atoms with van der Waals surface area (Å²) in [5.74, 6) is 0. The van der Waals surface area contributed by atoms with Crippen LogP contribution in [0.25, 0.3) is 11.1 Å². The van der Waals surface area contributed by atoms with Crippen LogP contribution >= 0.6 is 8.69 Å². The summed E-state index contributed by atoms with van der Waals surface area (Å²) >= 11 is 0. The molecule has 0 aliphatic heterocycles. The van der Waals surface area contributed by atoms with Gasteiger partial charge in [-0.2, -0.15) is 6.42 Å². The third-order valence-corrected chi connectivity index (χ3v) is 3.34. The van der Waals surface area contributed by atoms with Gasteiger partial charge in [0.25, 0.3) is 0 Å². The maximum absolute atomic E-state index is 8.46. The maximum atomic E-state index is 8.46. The number of unbranched alkanes of at least 4 members (excludes halogenated alkanes) is 2. The molecule has 0 aliphatic carbocycles. The molecule has 2 rings (SSSR count). The molecule has 0 bridgehead atoms. The fraction of sp³-hybridized carbons (Fsp3) is 0.350. The van der Waals surface area contributed by atoms with Gasteiger partial charge in [0, 0.05) is 0 Å². The minimum absolute atomic E-state index is 0. The first kappa shape index (κ1) is 25.3. The van der Waals surface area contributed by atoms with E-state index in [0.29, 0.717) is 0 Å². The van der Waals surface area contributed by atoms with E-state index in [0.717, 1.165) is 6.42 Å². The zero-order chi connectivity index (χ0) is 17.7. The molecule has 2 aromatic carbocycles. The molecule has 2 aromatic rings. The van der Waals surface area contributed by atoms with Gasteiger partial charge in [0.2, 0.25) is 0 Å². The van der Waals surface area contributed by atoms with E-state index in [-0.39, 0.29) is 18.9 Å². The summed E-state index contributed by atoms with van der Waals surface area (Å²) < 4.78 is 8.46. The summed E-state index contributed by atoms with van der Waals surface area (Å²) in [7, 11) is -0.833. The molecule has 1 N–H and O–H groups in total. The van der Waals surface area contributed by atoms with Gasteiger partial charge in [-0.25, -0.2) is 4.57 Å². The molecule has 2 nitrogen and oxygen atoms in total. The molecule has 0 unspecified atom stereocenters. The van der Waals surface area contributed by atoms with Crippen LogP contribution in [-0.2, 0) is 4.57 Å². The monoisotopic (exact) mass is 338 g/mol. The standard InChI is InChI=1S/C15H16.C5H11.Li.HO2P/c1-11-9-12(2)15(13(3)10-11)14-7-5-4-6-8-14;1-3-5-4-2;;1-3-2/h4-10H,1-3H3;1,3-5H2,2H3;;(H,1,2)/q;-1;+1;. The first-order chi connectivity index (χ1) is 11.0. The van der Waals surface area contributed by atoms with E-state index in [1.165, 1.54) is 40.7 Å². The van der Waals surface area contributed by atoms with Crippen molar-refractivity contribution >= 4 is 8.69 Å². The number of hydrogen-bond donors (Lipinski definition) is 1. The van der Waals surface area contributed by atoms with Gasteiger partial charge in [-0.3, -0.25) is 0 Å². The van der Waals surface area contributed by atoms with E-state index in [1.807, 2.05) is 0 Å². The van der Waals surface area contributed by atoms with Crippen LogP contribution in [0.15, 0.2) is 42.5 Å². The first-order valence-corrected chi connectivity index (χ1v) is 8.67.